The van der Waals surface area contributed by atoms with Crippen LogP contribution in [0.25, 0.3) is 0 Å². The fourth-order valence-electron chi connectivity index (χ4n) is 1.99. The Bertz CT molecular complexity index is 583. The third kappa shape index (κ3) is 2.87. The molecule has 0 spiro atoms. The SMILES string of the molecule is CCc1sc(C(=O)Nc2ccnn2C(C)C)cc1C. The summed E-state index contributed by atoms with van der Waals surface area (Å²) < 4.78 is 1.80. The molecule has 0 atom stereocenters. The molecule has 0 unspecified atom stereocenters. The Labute approximate surface area is 117 Å². The molecule has 2 aromatic rings. The largest absolute Gasteiger partial charge is 0.306 e. The number of amides is 1. The molecule has 2 heterocycles. The normalized spacial score (nSPS) is 11.0. The maximum absolute atomic E-state index is 12.2. The van der Waals surface area contributed by atoms with Gasteiger partial charge in [0.2, 0.25) is 0 Å². The number of nitrogens with zero attached hydrogens (tertiary/aromatic N) is 2. The third-order valence-corrected chi connectivity index (χ3v) is 4.35. The summed E-state index contributed by atoms with van der Waals surface area (Å²) in [4.78, 5) is 14.2. The second-order valence-corrected chi connectivity index (χ2v) is 5.92. The summed E-state index contributed by atoms with van der Waals surface area (Å²) in [6.07, 6.45) is 2.67. The van der Waals surface area contributed by atoms with Crippen LogP contribution in [0.2, 0.25) is 0 Å². The van der Waals surface area contributed by atoms with Gasteiger partial charge in [0, 0.05) is 17.0 Å². The number of carbonyl (C=O) groups is 1. The van der Waals surface area contributed by atoms with Crippen LogP contribution in [0.3, 0.4) is 0 Å². The van der Waals surface area contributed by atoms with E-state index in [-0.39, 0.29) is 11.9 Å². The van der Waals surface area contributed by atoms with E-state index in [0.717, 1.165) is 17.1 Å². The molecular formula is C14H19N3OS. The summed E-state index contributed by atoms with van der Waals surface area (Å²) in [7, 11) is 0. The van der Waals surface area contributed by atoms with E-state index in [2.05, 4.69) is 17.3 Å². The zero-order valence-corrected chi connectivity index (χ0v) is 12.5. The maximum Gasteiger partial charge on any atom is 0.266 e. The van der Waals surface area contributed by atoms with Crippen LogP contribution in [0.4, 0.5) is 5.82 Å². The molecule has 0 saturated carbocycles. The molecule has 0 aliphatic rings. The molecule has 2 aromatic heterocycles. The monoisotopic (exact) mass is 277 g/mol. The minimum Gasteiger partial charge on any atom is -0.306 e. The van der Waals surface area contributed by atoms with Crippen LogP contribution in [0.1, 0.15) is 46.9 Å². The number of rotatable bonds is 4. The fraction of sp³-hybridized carbons (Fsp3) is 0.429. The van der Waals surface area contributed by atoms with Gasteiger partial charge < -0.3 is 5.32 Å². The first-order valence-electron chi connectivity index (χ1n) is 6.47. The zero-order valence-electron chi connectivity index (χ0n) is 11.7. The van der Waals surface area contributed by atoms with Crippen molar-refractivity contribution >= 4 is 23.1 Å². The number of thiophene rings is 1. The molecule has 102 valence electrons. The van der Waals surface area contributed by atoms with Crippen molar-refractivity contribution in [3.63, 3.8) is 0 Å². The molecule has 0 radical (unpaired) electrons. The standard InChI is InChI=1S/C14H19N3OS/c1-5-11-10(4)8-12(19-11)14(18)16-13-6-7-15-17(13)9(2)3/h6-9H,5H2,1-4H3,(H,16,18). The lowest BCUT2D eigenvalue weighted by atomic mass is 10.2. The number of aryl methyl sites for hydroxylation is 2. The van der Waals surface area contributed by atoms with E-state index in [1.165, 1.54) is 10.4 Å². The molecular weight excluding hydrogens is 258 g/mol. The lowest BCUT2D eigenvalue weighted by molar-refractivity contribution is 0.102. The molecule has 4 nitrogen and oxygen atoms in total. The first-order valence-corrected chi connectivity index (χ1v) is 7.28. The van der Waals surface area contributed by atoms with Gasteiger partial charge in [0.1, 0.15) is 5.82 Å². The van der Waals surface area contributed by atoms with Crippen LogP contribution in [-0.4, -0.2) is 15.7 Å². The lowest BCUT2D eigenvalue weighted by Gasteiger charge is -2.11. The second kappa shape index (κ2) is 5.57. The summed E-state index contributed by atoms with van der Waals surface area (Å²) in [5.74, 6) is 0.680. The predicted molar refractivity (Wildman–Crippen MR) is 79.0 cm³/mol. The highest BCUT2D eigenvalue weighted by Gasteiger charge is 2.14. The van der Waals surface area contributed by atoms with Gasteiger partial charge >= 0.3 is 0 Å². The molecule has 0 aliphatic heterocycles. The van der Waals surface area contributed by atoms with Crippen molar-refractivity contribution in [3.8, 4) is 0 Å². The maximum atomic E-state index is 12.2. The Hall–Kier alpha value is -1.62. The average molecular weight is 277 g/mol. The molecule has 2 rings (SSSR count). The van der Waals surface area contributed by atoms with Crippen molar-refractivity contribution in [2.24, 2.45) is 0 Å². The Balaban J connectivity index is 2.18. The van der Waals surface area contributed by atoms with Crippen LogP contribution >= 0.6 is 11.3 Å². The fourth-order valence-corrected chi connectivity index (χ4v) is 2.99. The molecule has 1 amide bonds. The van der Waals surface area contributed by atoms with Gasteiger partial charge in [-0.3, -0.25) is 4.79 Å². The Morgan fingerprint density at radius 2 is 2.26 bits per heavy atom. The lowest BCUT2D eigenvalue weighted by Crippen LogP contribution is -2.15. The van der Waals surface area contributed by atoms with Crippen molar-refractivity contribution in [2.45, 2.75) is 40.2 Å². The topological polar surface area (TPSA) is 46.9 Å². The van der Waals surface area contributed by atoms with Gasteiger partial charge in [-0.25, -0.2) is 4.68 Å². The van der Waals surface area contributed by atoms with E-state index in [1.54, 1.807) is 22.2 Å². The van der Waals surface area contributed by atoms with Crippen LogP contribution in [0.15, 0.2) is 18.3 Å². The van der Waals surface area contributed by atoms with Gasteiger partial charge in [-0.05, 0) is 38.8 Å². The van der Waals surface area contributed by atoms with Gasteiger partial charge in [0.25, 0.3) is 5.91 Å². The molecule has 0 fully saturated rings. The Kier molecular flexibility index (Phi) is 4.04. The first kappa shape index (κ1) is 13.8. The number of hydrogen-bond donors (Lipinski definition) is 1. The first-order chi connectivity index (χ1) is 9.02. The van der Waals surface area contributed by atoms with Crippen molar-refractivity contribution in [2.75, 3.05) is 5.32 Å². The summed E-state index contributed by atoms with van der Waals surface area (Å²) in [5, 5.41) is 7.13. The average Bonchev–Trinajstić information content (AvgIpc) is 2.95. The van der Waals surface area contributed by atoms with E-state index in [9.17, 15) is 4.79 Å². The van der Waals surface area contributed by atoms with Crippen molar-refractivity contribution in [1.29, 1.82) is 0 Å². The van der Waals surface area contributed by atoms with E-state index < -0.39 is 0 Å². The minimum absolute atomic E-state index is 0.0600. The molecule has 0 aromatic carbocycles. The van der Waals surface area contributed by atoms with Crippen LogP contribution in [0.5, 0.6) is 0 Å². The van der Waals surface area contributed by atoms with Gasteiger partial charge in [-0.1, -0.05) is 6.92 Å². The molecule has 0 bridgehead atoms. The number of carbonyl (C=O) groups excluding carboxylic acids is 1. The minimum atomic E-state index is -0.0600. The highest BCUT2D eigenvalue weighted by molar-refractivity contribution is 7.14. The number of hydrogen-bond acceptors (Lipinski definition) is 3. The molecule has 1 N–H and O–H groups in total. The summed E-state index contributed by atoms with van der Waals surface area (Å²) in [6.45, 7) is 8.22. The molecule has 0 aliphatic carbocycles. The van der Waals surface area contributed by atoms with E-state index in [1.807, 2.05) is 32.9 Å². The molecule has 0 saturated heterocycles. The number of aromatic nitrogens is 2. The summed E-state index contributed by atoms with van der Waals surface area (Å²) in [5.41, 5.74) is 1.19. The van der Waals surface area contributed by atoms with Crippen molar-refractivity contribution < 1.29 is 4.79 Å². The molecule has 5 heteroatoms. The zero-order chi connectivity index (χ0) is 14.0. The molecule has 19 heavy (non-hydrogen) atoms. The van der Waals surface area contributed by atoms with E-state index in [0.29, 0.717) is 0 Å². The summed E-state index contributed by atoms with van der Waals surface area (Å²) >= 11 is 1.56. The third-order valence-electron chi connectivity index (χ3n) is 2.97. The smallest absolute Gasteiger partial charge is 0.266 e. The van der Waals surface area contributed by atoms with Crippen LogP contribution in [-0.2, 0) is 6.42 Å². The van der Waals surface area contributed by atoms with Crippen molar-refractivity contribution in [1.82, 2.24) is 9.78 Å². The van der Waals surface area contributed by atoms with Crippen molar-refractivity contribution in [3.05, 3.63) is 33.6 Å². The Morgan fingerprint density at radius 1 is 1.53 bits per heavy atom. The van der Waals surface area contributed by atoms with Crippen LogP contribution < -0.4 is 5.32 Å². The quantitative estimate of drug-likeness (QED) is 0.927. The number of anilines is 1. The highest BCUT2D eigenvalue weighted by Crippen LogP contribution is 2.23. The second-order valence-electron chi connectivity index (χ2n) is 4.78. The van der Waals surface area contributed by atoms with E-state index >= 15 is 0 Å². The van der Waals surface area contributed by atoms with Crippen LogP contribution in [0, 0.1) is 6.92 Å². The van der Waals surface area contributed by atoms with E-state index in [4.69, 9.17) is 0 Å². The Morgan fingerprint density at radius 3 is 2.84 bits per heavy atom. The number of nitrogens with one attached hydrogen (secondary N) is 1. The summed E-state index contributed by atoms with van der Waals surface area (Å²) in [6, 6.07) is 4.00. The highest BCUT2D eigenvalue weighted by atomic mass is 32.1. The van der Waals surface area contributed by atoms with Gasteiger partial charge in [-0.2, -0.15) is 5.10 Å². The van der Waals surface area contributed by atoms with Gasteiger partial charge in [0.05, 0.1) is 11.1 Å². The van der Waals surface area contributed by atoms with Gasteiger partial charge in [0.15, 0.2) is 0 Å². The van der Waals surface area contributed by atoms with Gasteiger partial charge in [-0.15, -0.1) is 11.3 Å². The predicted octanol–water partition coefficient (Wildman–Crippen LogP) is 3.65.